The number of fused-ring (bicyclic) bond motifs is 8. The first-order valence-corrected chi connectivity index (χ1v) is 12.7. The highest BCUT2D eigenvalue weighted by Crippen LogP contribution is 2.40. The van der Waals surface area contributed by atoms with Crippen LogP contribution in [0.1, 0.15) is 72.2 Å². The molecule has 6 rings (SSSR count). The molecule has 0 saturated carbocycles. The van der Waals surface area contributed by atoms with Crippen LogP contribution in [0.5, 0.6) is 0 Å². The summed E-state index contributed by atoms with van der Waals surface area (Å²) in [5.41, 5.74) is 14.5. The maximum absolute atomic E-state index is 3.75. The fourth-order valence-electron chi connectivity index (χ4n) is 5.87. The van der Waals surface area contributed by atoms with E-state index in [2.05, 4.69) is 122 Å². The summed E-state index contributed by atoms with van der Waals surface area (Å²) in [6, 6.07) is 17.7. The van der Waals surface area contributed by atoms with E-state index in [9.17, 15) is 0 Å². The highest BCUT2D eigenvalue weighted by atomic mass is 15.0. The second-order valence-electron chi connectivity index (χ2n) is 11.1. The van der Waals surface area contributed by atoms with E-state index in [1.807, 2.05) is 0 Å². The second-order valence-corrected chi connectivity index (χ2v) is 11.1. The largest absolute Gasteiger partial charge is 0.362 e. The van der Waals surface area contributed by atoms with E-state index in [0.29, 0.717) is 0 Å². The lowest BCUT2D eigenvalue weighted by Crippen LogP contribution is -2.17. The molecule has 2 aliphatic heterocycles. The van der Waals surface area contributed by atoms with Crippen molar-refractivity contribution in [3.8, 4) is 0 Å². The first-order valence-electron chi connectivity index (χ1n) is 12.7. The van der Waals surface area contributed by atoms with Crippen LogP contribution in [0.2, 0.25) is 0 Å². The van der Waals surface area contributed by atoms with Gasteiger partial charge < -0.3 is 20.3 Å². The summed E-state index contributed by atoms with van der Waals surface area (Å²) < 4.78 is 0. The number of aryl methyl sites for hydroxylation is 3. The third-order valence-electron chi connectivity index (χ3n) is 7.66. The van der Waals surface area contributed by atoms with Crippen molar-refractivity contribution >= 4 is 23.3 Å². The molecule has 0 atom stereocenters. The van der Waals surface area contributed by atoms with Gasteiger partial charge in [-0.2, -0.15) is 0 Å². The summed E-state index contributed by atoms with van der Waals surface area (Å²) in [4.78, 5) is 11.1. The lowest BCUT2D eigenvalue weighted by molar-refractivity contribution is 0.481. The Hall–Kier alpha value is -3.92. The third-order valence-corrected chi connectivity index (χ3v) is 7.66. The summed E-state index contributed by atoms with van der Waals surface area (Å²) >= 11 is 0. The number of nitrogens with one attached hydrogen (secondary N) is 4. The van der Waals surface area contributed by atoms with Gasteiger partial charge in [-0.15, -0.1) is 0 Å². The third kappa shape index (κ3) is 3.78. The van der Waals surface area contributed by atoms with Crippen LogP contribution < -0.4 is 16.0 Å². The van der Waals surface area contributed by atoms with E-state index in [0.717, 1.165) is 39.9 Å². The van der Waals surface area contributed by atoms with Crippen LogP contribution in [0.25, 0.3) is 23.3 Å². The summed E-state index contributed by atoms with van der Waals surface area (Å²) in [6.07, 6.45) is 5.47. The monoisotopic (exact) mass is 474 g/mol. The van der Waals surface area contributed by atoms with Gasteiger partial charge in [0.1, 0.15) is 0 Å². The molecule has 1 fully saturated rings. The Morgan fingerprint density at radius 1 is 0.694 bits per heavy atom. The average molecular weight is 475 g/mol. The molecule has 0 amide bonds. The molecule has 4 N–H and O–H groups in total. The van der Waals surface area contributed by atoms with Gasteiger partial charge in [-0.25, -0.2) is 0 Å². The lowest BCUT2D eigenvalue weighted by atomic mass is 9.88. The summed E-state index contributed by atoms with van der Waals surface area (Å²) in [6.45, 7) is 13.4. The molecule has 8 bridgehead atoms. The molecule has 0 unspecified atom stereocenters. The smallest absolute Gasteiger partial charge is 0.0486 e. The first-order chi connectivity index (χ1) is 17.2. The Kier molecular flexibility index (Phi) is 5.04. The van der Waals surface area contributed by atoms with Crippen LogP contribution >= 0.6 is 0 Å². The maximum Gasteiger partial charge on any atom is 0.0486 e. The van der Waals surface area contributed by atoms with E-state index < -0.39 is 0 Å². The second kappa shape index (κ2) is 8.06. The lowest BCUT2D eigenvalue weighted by Gasteiger charge is -2.17. The number of H-pyrrole nitrogens is 3. The van der Waals surface area contributed by atoms with Gasteiger partial charge in [0.15, 0.2) is 0 Å². The molecule has 0 radical (unpaired) electrons. The predicted molar refractivity (Wildman–Crippen MR) is 150 cm³/mol. The van der Waals surface area contributed by atoms with Crippen molar-refractivity contribution < 1.29 is 0 Å². The summed E-state index contributed by atoms with van der Waals surface area (Å²) in [5, 5.41) is 5.93. The van der Waals surface area contributed by atoms with Crippen molar-refractivity contribution in [1.29, 1.82) is 0 Å². The molecule has 4 heteroatoms. The zero-order valence-electron chi connectivity index (χ0n) is 22.0. The highest BCUT2D eigenvalue weighted by Gasteiger charge is 2.32. The van der Waals surface area contributed by atoms with E-state index in [-0.39, 0.29) is 5.41 Å². The fraction of sp³-hybridized carbons (Fsp3) is 0.250. The Bertz CT molecular complexity index is 1670. The molecule has 0 spiro atoms. The van der Waals surface area contributed by atoms with E-state index in [4.69, 9.17) is 0 Å². The fourth-order valence-corrected chi connectivity index (χ4v) is 5.87. The number of hydrogen-bond donors (Lipinski definition) is 4. The molecule has 2 aliphatic rings. The van der Waals surface area contributed by atoms with Crippen molar-refractivity contribution in [2.75, 3.05) is 0 Å². The van der Waals surface area contributed by atoms with Crippen LogP contribution in [0.4, 0.5) is 0 Å². The SMILES string of the molecule is CC1=c2ccc([nH]2)=C(c2c(C)cc(C)cc2C)c2ccc([nH]2)C=C2CC(C)(C)C(=Cc3ccc1[nH]3)N2. The summed E-state index contributed by atoms with van der Waals surface area (Å²) in [5.74, 6) is 0. The molecule has 4 aromatic rings. The van der Waals surface area contributed by atoms with E-state index in [1.165, 1.54) is 44.8 Å². The van der Waals surface area contributed by atoms with Gasteiger partial charge in [-0.3, -0.25) is 0 Å². The number of aromatic nitrogens is 3. The van der Waals surface area contributed by atoms with Crippen LogP contribution in [0, 0.1) is 26.2 Å². The Morgan fingerprint density at radius 2 is 1.33 bits per heavy atom. The van der Waals surface area contributed by atoms with E-state index in [1.54, 1.807) is 0 Å². The number of benzene rings is 1. The van der Waals surface area contributed by atoms with E-state index >= 15 is 0 Å². The van der Waals surface area contributed by atoms with Crippen molar-refractivity contribution in [3.05, 3.63) is 116 Å². The molecule has 1 aromatic carbocycles. The molecule has 1 saturated heterocycles. The first kappa shape index (κ1) is 22.5. The van der Waals surface area contributed by atoms with Crippen molar-refractivity contribution in [3.63, 3.8) is 0 Å². The Balaban J connectivity index is 1.68. The van der Waals surface area contributed by atoms with Gasteiger partial charge in [-0.1, -0.05) is 31.5 Å². The highest BCUT2D eigenvalue weighted by molar-refractivity contribution is 5.81. The van der Waals surface area contributed by atoms with Crippen LogP contribution in [-0.2, 0) is 0 Å². The zero-order chi connectivity index (χ0) is 25.2. The number of rotatable bonds is 1. The van der Waals surface area contributed by atoms with Gasteiger partial charge >= 0.3 is 0 Å². The minimum absolute atomic E-state index is 0.0423. The molecule has 4 nitrogen and oxygen atoms in total. The van der Waals surface area contributed by atoms with Crippen molar-refractivity contribution in [2.24, 2.45) is 5.41 Å². The molecular weight excluding hydrogens is 440 g/mol. The standard InChI is InChI=1S/C32H34N4/c1-18-13-19(2)30(20(3)14-18)31-27-10-8-22(34-27)15-24-17-32(5,6)29(35-24)16-23-7-9-25(33-23)21(4)26-11-12-28(31)36-26/h7-16,33-36H,17H2,1-6H3. The molecule has 5 heterocycles. The summed E-state index contributed by atoms with van der Waals surface area (Å²) in [7, 11) is 0. The Labute approximate surface area is 212 Å². The topological polar surface area (TPSA) is 59.4 Å². The van der Waals surface area contributed by atoms with Crippen LogP contribution in [0.15, 0.2) is 59.9 Å². The van der Waals surface area contributed by atoms with Gasteiger partial charge in [-0.05, 0) is 105 Å². The van der Waals surface area contributed by atoms with Gasteiger partial charge in [0.25, 0.3) is 0 Å². The number of hydrogen-bond acceptors (Lipinski definition) is 1. The normalized spacial score (nSPS) is 16.6. The van der Waals surface area contributed by atoms with Crippen LogP contribution in [-0.4, -0.2) is 15.0 Å². The number of aromatic amines is 3. The van der Waals surface area contributed by atoms with Crippen LogP contribution in [0.3, 0.4) is 0 Å². The van der Waals surface area contributed by atoms with Gasteiger partial charge in [0.2, 0.25) is 0 Å². The minimum Gasteiger partial charge on any atom is -0.362 e. The Morgan fingerprint density at radius 3 is 2.08 bits per heavy atom. The number of allylic oxidation sites excluding steroid dienone is 2. The van der Waals surface area contributed by atoms with Gasteiger partial charge in [0, 0.05) is 55.9 Å². The molecular formula is C32H34N4. The van der Waals surface area contributed by atoms with Crippen molar-refractivity contribution in [1.82, 2.24) is 20.3 Å². The molecule has 0 aliphatic carbocycles. The minimum atomic E-state index is 0.0423. The predicted octanol–water partition coefficient (Wildman–Crippen LogP) is 5.78. The molecule has 36 heavy (non-hydrogen) atoms. The average Bonchev–Trinajstić information content (AvgIpc) is 3.58. The zero-order valence-corrected chi connectivity index (χ0v) is 22.0. The maximum atomic E-state index is 3.75. The quantitative estimate of drug-likeness (QED) is 0.278. The van der Waals surface area contributed by atoms with Gasteiger partial charge in [0.05, 0.1) is 0 Å². The van der Waals surface area contributed by atoms with Crippen molar-refractivity contribution in [2.45, 2.75) is 48.0 Å². The molecule has 3 aromatic heterocycles. The molecule has 182 valence electrons.